The van der Waals surface area contributed by atoms with E-state index in [-0.39, 0.29) is 23.0 Å². The van der Waals surface area contributed by atoms with E-state index >= 15 is 0 Å². The second-order valence-electron chi connectivity index (χ2n) is 5.58. The number of halogens is 2. The number of ether oxygens (including phenoxy) is 1. The Morgan fingerprint density at radius 2 is 1.93 bits per heavy atom. The van der Waals surface area contributed by atoms with Gasteiger partial charge in [0.05, 0.1) is 16.7 Å². The quantitative estimate of drug-likeness (QED) is 0.596. The van der Waals surface area contributed by atoms with Gasteiger partial charge in [-0.15, -0.1) is 0 Å². The third kappa shape index (κ3) is 3.99. The van der Waals surface area contributed by atoms with Crippen molar-refractivity contribution in [1.82, 2.24) is 10.1 Å². The number of carbonyl (C=O) groups is 2. The van der Waals surface area contributed by atoms with Crippen LogP contribution in [0.1, 0.15) is 33.6 Å². The summed E-state index contributed by atoms with van der Waals surface area (Å²) in [6, 6.07) is 8.31. The van der Waals surface area contributed by atoms with Crippen LogP contribution in [0.15, 0.2) is 34.9 Å². The molecule has 7 nitrogen and oxygen atoms in total. The highest BCUT2D eigenvalue weighted by atomic mass is 35.5. The predicted molar refractivity (Wildman–Crippen MR) is 101 cm³/mol. The minimum atomic E-state index is -0.548. The van der Waals surface area contributed by atoms with Gasteiger partial charge in [-0.2, -0.15) is 0 Å². The van der Waals surface area contributed by atoms with Crippen LogP contribution in [0.5, 0.6) is 0 Å². The van der Waals surface area contributed by atoms with Crippen LogP contribution < -0.4 is 5.32 Å². The second kappa shape index (κ2) is 7.85. The first-order valence-electron chi connectivity index (χ1n) is 8.00. The summed E-state index contributed by atoms with van der Waals surface area (Å²) in [5.41, 5.74) is 2.14. The highest BCUT2D eigenvalue weighted by Crippen LogP contribution is 2.30. The van der Waals surface area contributed by atoms with Gasteiger partial charge < -0.3 is 19.6 Å². The Kier molecular flexibility index (Phi) is 5.53. The fourth-order valence-corrected chi connectivity index (χ4v) is 2.77. The molecule has 0 aliphatic rings. The van der Waals surface area contributed by atoms with Gasteiger partial charge in [0.15, 0.2) is 11.5 Å². The molecule has 0 radical (unpaired) electrons. The number of nitrogens with zero attached hydrogens (tertiary/aromatic N) is 1. The molecular weight excluding hydrogens is 393 g/mol. The number of hydrogen-bond acceptors (Lipinski definition) is 5. The van der Waals surface area contributed by atoms with E-state index in [4.69, 9.17) is 32.5 Å². The summed E-state index contributed by atoms with van der Waals surface area (Å²) >= 11 is 12.0. The lowest BCUT2D eigenvalue weighted by atomic mass is 10.1. The van der Waals surface area contributed by atoms with E-state index in [0.29, 0.717) is 27.7 Å². The van der Waals surface area contributed by atoms with E-state index in [1.807, 2.05) is 0 Å². The third-order valence-electron chi connectivity index (χ3n) is 3.70. The van der Waals surface area contributed by atoms with E-state index in [1.165, 1.54) is 6.07 Å². The van der Waals surface area contributed by atoms with E-state index < -0.39 is 11.9 Å². The molecule has 0 atom stereocenters. The third-order valence-corrected chi connectivity index (χ3v) is 4.65. The minimum Gasteiger partial charge on any atom is -0.461 e. The molecule has 2 heterocycles. The van der Waals surface area contributed by atoms with Crippen molar-refractivity contribution in [2.24, 2.45) is 0 Å². The molecule has 0 fully saturated rings. The number of nitrogens with one attached hydrogen (secondary N) is 2. The zero-order valence-corrected chi connectivity index (χ0v) is 15.9. The van der Waals surface area contributed by atoms with Gasteiger partial charge >= 0.3 is 5.97 Å². The summed E-state index contributed by atoms with van der Waals surface area (Å²) in [6.45, 7) is 3.69. The number of carbonyl (C=O) groups excluding carboxylic acids is 2. The van der Waals surface area contributed by atoms with Gasteiger partial charge in [0.1, 0.15) is 5.69 Å². The SMILES string of the molecule is CCOC(=O)c1cc(-c2ccc(NC(=O)c3[nH]c(C)c(Cl)c3Cl)cc2)on1. The predicted octanol–water partition coefficient (Wildman–Crippen LogP) is 4.71. The molecule has 3 aromatic rings. The number of benzene rings is 1. The maximum atomic E-state index is 12.3. The Morgan fingerprint density at radius 1 is 1.22 bits per heavy atom. The van der Waals surface area contributed by atoms with Crippen LogP contribution in [-0.2, 0) is 4.74 Å². The molecule has 0 aliphatic heterocycles. The zero-order chi connectivity index (χ0) is 19.6. The summed E-state index contributed by atoms with van der Waals surface area (Å²) in [6.07, 6.45) is 0. The molecule has 2 aromatic heterocycles. The Morgan fingerprint density at radius 3 is 2.52 bits per heavy atom. The lowest BCUT2D eigenvalue weighted by Gasteiger charge is -2.05. The fourth-order valence-electron chi connectivity index (χ4n) is 2.35. The lowest BCUT2D eigenvalue weighted by molar-refractivity contribution is 0.0514. The van der Waals surface area contributed by atoms with Gasteiger partial charge in [-0.3, -0.25) is 4.79 Å². The topological polar surface area (TPSA) is 97.2 Å². The summed E-state index contributed by atoms with van der Waals surface area (Å²) < 4.78 is 10.0. The number of rotatable bonds is 5. The average molecular weight is 408 g/mol. The van der Waals surface area contributed by atoms with E-state index in [0.717, 1.165) is 0 Å². The number of aryl methyl sites for hydroxylation is 1. The number of H-pyrrole nitrogens is 1. The first-order valence-corrected chi connectivity index (χ1v) is 8.75. The molecule has 0 bridgehead atoms. The van der Waals surface area contributed by atoms with E-state index in [1.54, 1.807) is 38.1 Å². The normalized spacial score (nSPS) is 10.7. The number of aromatic amines is 1. The van der Waals surface area contributed by atoms with Crippen molar-refractivity contribution < 1.29 is 18.8 Å². The van der Waals surface area contributed by atoms with Gasteiger partial charge in [-0.05, 0) is 38.1 Å². The molecule has 2 N–H and O–H groups in total. The van der Waals surface area contributed by atoms with E-state index in [9.17, 15) is 9.59 Å². The van der Waals surface area contributed by atoms with Crippen molar-refractivity contribution in [3.8, 4) is 11.3 Å². The van der Waals surface area contributed by atoms with Gasteiger partial charge in [0.25, 0.3) is 5.91 Å². The highest BCUT2D eigenvalue weighted by Gasteiger charge is 2.18. The van der Waals surface area contributed by atoms with Crippen LogP contribution >= 0.6 is 23.2 Å². The van der Waals surface area contributed by atoms with Crippen LogP contribution in [0, 0.1) is 6.92 Å². The zero-order valence-electron chi connectivity index (χ0n) is 14.4. The van der Waals surface area contributed by atoms with E-state index in [2.05, 4.69) is 15.5 Å². The van der Waals surface area contributed by atoms with Crippen molar-refractivity contribution in [2.75, 3.05) is 11.9 Å². The van der Waals surface area contributed by atoms with Crippen molar-refractivity contribution in [2.45, 2.75) is 13.8 Å². The smallest absolute Gasteiger partial charge is 0.360 e. The second-order valence-corrected chi connectivity index (χ2v) is 6.34. The molecule has 0 saturated heterocycles. The fraction of sp³-hybridized carbons (Fsp3) is 0.167. The number of esters is 1. The largest absolute Gasteiger partial charge is 0.461 e. The number of hydrogen-bond donors (Lipinski definition) is 2. The molecule has 27 heavy (non-hydrogen) atoms. The van der Waals surface area contributed by atoms with Crippen LogP contribution in [0.4, 0.5) is 5.69 Å². The molecule has 1 amide bonds. The maximum absolute atomic E-state index is 12.3. The number of aromatic nitrogens is 2. The molecule has 0 aliphatic carbocycles. The van der Waals surface area contributed by atoms with Gasteiger partial charge in [-0.1, -0.05) is 28.4 Å². The molecular formula is C18H15Cl2N3O4. The number of amides is 1. The summed E-state index contributed by atoms with van der Waals surface area (Å²) in [4.78, 5) is 26.8. The Balaban J connectivity index is 1.73. The van der Waals surface area contributed by atoms with Crippen molar-refractivity contribution in [3.63, 3.8) is 0 Å². The Labute approximate surface area is 164 Å². The molecule has 140 valence electrons. The Bertz CT molecular complexity index is 993. The molecule has 1 aromatic carbocycles. The molecule has 0 spiro atoms. The first-order chi connectivity index (χ1) is 12.9. The van der Waals surface area contributed by atoms with Gasteiger partial charge in [-0.25, -0.2) is 4.79 Å². The summed E-state index contributed by atoms with van der Waals surface area (Å²) in [5, 5.41) is 6.91. The lowest BCUT2D eigenvalue weighted by Crippen LogP contribution is -2.12. The van der Waals surface area contributed by atoms with Gasteiger partial charge in [0, 0.05) is 23.0 Å². The summed E-state index contributed by atoms with van der Waals surface area (Å²) in [5.74, 6) is -0.550. The van der Waals surface area contributed by atoms with Crippen molar-refractivity contribution in [1.29, 1.82) is 0 Å². The van der Waals surface area contributed by atoms with Crippen LogP contribution in [0.2, 0.25) is 10.0 Å². The van der Waals surface area contributed by atoms with Crippen LogP contribution in [0.3, 0.4) is 0 Å². The molecule has 0 saturated carbocycles. The molecule has 9 heteroatoms. The highest BCUT2D eigenvalue weighted by molar-refractivity contribution is 6.44. The first kappa shape index (κ1) is 19.0. The number of anilines is 1. The average Bonchev–Trinajstić information content (AvgIpc) is 3.24. The van der Waals surface area contributed by atoms with Crippen LogP contribution in [-0.4, -0.2) is 28.6 Å². The summed E-state index contributed by atoms with van der Waals surface area (Å²) in [7, 11) is 0. The van der Waals surface area contributed by atoms with Crippen LogP contribution in [0.25, 0.3) is 11.3 Å². The maximum Gasteiger partial charge on any atom is 0.360 e. The van der Waals surface area contributed by atoms with Crippen molar-refractivity contribution in [3.05, 3.63) is 57.5 Å². The molecule has 3 rings (SSSR count). The monoisotopic (exact) mass is 407 g/mol. The minimum absolute atomic E-state index is 0.0952. The Hall–Kier alpha value is -2.77. The molecule has 0 unspecified atom stereocenters. The standard InChI is InChI=1S/C18H15Cl2N3O4/c1-3-26-18(25)12-8-13(27-23-12)10-4-6-11(7-5-10)22-17(24)16-15(20)14(19)9(2)21-16/h4-8,21H,3H2,1-2H3,(H,22,24). The van der Waals surface area contributed by atoms with Gasteiger partial charge in [0.2, 0.25) is 0 Å². The van der Waals surface area contributed by atoms with Crippen molar-refractivity contribution >= 4 is 40.8 Å².